The molecular formula is C13H13ClN2OS. The Balaban J connectivity index is 2.03. The van der Waals surface area contributed by atoms with Crippen molar-refractivity contribution in [2.24, 2.45) is 0 Å². The van der Waals surface area contributed by atoms with E-state index in [1.165, 1.54) is 0 Å². The van der Waals surface area contributed by atoms with Crippen LogP contribution < -0.4 is 10.6 Å². The van der Waals surface area contributed by atoms with E-state index in [0.29, 0.717) is 12.1 Å². The molecule has 0 saturated heterocycles. The normalized spacial score (nSPS) is 10.1. The first-order chi connectivity index (χ1) is 8.69. The number of thiophene rings is 1. The largest absolute Gasteiger partial charge is 0.380 e. The molecule has 1 aromatic heterocycles. The molecule has 0 aliphatic heterocycles. The van der Waals surface area contributed by atoms with Gasteiger partial charge in [-0.25, -0.2) is 0 Å². The second-order valence-electron chi connectivity index (χ2n) is 3.74. The predicted molar refractivity (Wildman–Crippen MR) is 76.5 cm³/mol. The summed E-state index contributed by atoms with van der Waals surface area (Å²) >= 11 is 7.47. The Bertz CT molecular complexity index is 553. The molecule has 0 aliphatic carbocycles. The molecule has 3 nitrogen and oxygen atoms in total. The lowest BCUT2D eigenvalue weighted by atomic mass is 10.2. The molecule has 0 unspecified atom stereocenters. The van der Waals surface area contributed by atoms with E-state index in [1.807, 2.05) is 29.6 Å². The molecule has 0 spiro atoms. The van der Waals surface area contributed by atoms with Crippen molar-refractivity contribution in [1.82, 2.24) is 5.32 Å². The van der Waals surface area contributed by atoms with Gasteiger partial charge >= 0.3 is 0 Å². The molecule has 0 saturated carbocycles. The van der Waals surface area contributed by atoms with Gasteiger partial charge in [0.15, 0.2) is 0 Å². The summed E-state index contributed by atoms with van der Waals surface area (Å²) in [6.07, 6.45) is 0. The molecule has 0 atom stereocenters. The number of anilines is 1. The van der Waals surface area contributed by atoms with Crippen LogP contribution in [0.15, 0.2) is 35.7 Å². The van der Waals surface area contributed by atoms with Gasteiger partial charge in [0.2, 0.25) is 0 Å². The van der Waals surface area contributed by atoms with Crippen molar-refractivity contribution in [2.45, 2.75) is 6.54 Å². The smallest absolute Gasteiger partial charge is 0.251 e. The summed E-state index contributed by atoms with van der Waals surface area (Å²) in [5.41, 5.74) is 1.56. The summed E-state index contributed by atoms with van der Waals surface area (Å²) in [6.45, 7) is 0.703. The highest BCUT2D eigenvalue weighted by Crippen LogP contribution is 2.20. The molecule has 2 N–H and O–H groups in total. The number of amides is 1. The summed E-state index contributed by atoms with van der Waals surface area (Å²) < 4.78 is 0. The SMILES string of the molecule is CNC(=O)c1cccc(NCc2cc(Cl)cs2)c1. The fourth-order valence-corrected chi connectivity index (χ4v) is 2.56. The quantitative estimate of drug-likeness (QED) is 0.901. The number of hydrogen-bond donors (Lipinski definition) is 2. The Labute approximate surface area is 115 Å². The van der Waals surface area contributed by atoms with Gasteiger partial charge < -0.3 is 10.6 Å². The van der Waals surface area contributed by atoms with Crippen LogP contribution in [0, 0.1) is 0 Å². The van der Waals surface area contributed by atoms with Crippen molar-refractivity contribution in [2.75, 3.05) is 12.4 Å². The monoisotopic (exact) mass is 280 g/mol. The topological polar surface area (TPSA) is 41.1 Å². The van der Waals surface area contributed by atoms with Crippen LogP contribution in [0.4, 0.5) is 5.69 Å². The zero-order valence-electron chi connectivity index (χ0n) is 9.87. The second-order valence-corrected chi connectivity index (χ2v) is 5.18. The molecule has 0 fully saturated rings. The number of benzene rings is 1. The third-order valence-electron chi connectivity index (χ3n) is 2.44. The third-order valence-corrected chi connectivity index (χ3v) is 3.72. The molecule has 0 radical (unpaired) electrons. The molecule has 0 aliphatic rings. The summed E-state index contributed by atoms with van der Waals surface area (Å²) in [5.74, 6) is -0.0854. The molecular weight excluding hydrogens is 268 g/mol. The van der Waals surface area contributed by atoms with Gasteiger partial charge in [0.25, 0.3) is 5.91 Å². The lowest BCUT2D eigenvalue weighted by Gasteiger charge is -2.06. The van der Waals surface area contributed by atoms with E-state index in [4.69, 9.17) is 11.6 Å². The van der Waals surface area contributed by atoms with Crippen LogP contribution in [0.2, 0.25) is 5.02 Å². The number of hydrogen-bond acceptors (Lipinski definition) is 3. The summed E-state index contributed by atoms with van der Waals surface area (Å²) in [6, 6.07) is 9.33. The van der Waals surface area contributed by atoms with Crippen LogP contribution in [0.5, 0.6) is 0 Å². The van der Waals surface area contributed by atoms with E-state index in [-0.39, 0.29) is 5.91 Å². The van der Waals surface area contributed by atoms with Crippen molar-refractivity contribution in [1.29, 1.82) is 0 Å². The van der Waals surface area contributed by atoms with Crippen molar-refractivity contribution >= 4 is 34.5 Å². The Morgan fingerprint density at radius 2 is 2.22 bits per heavy atom. The molecule has 1 amide bonds. The fourth-order valence-electron chi connectivity index (χ4n) is 1.55. The lowest BCUT2D eigenvalue weighted by molar-refractivity contribution is 0.0963. The van der Waals surface area contributed by atoms with E-state index in [9.17, 15) is 4.79 Å². The number of carbonyl (C=O) groups is 1. The van der Waals surface area contributed by atoms with Crippen LogP contribution >= 0.6 is 22.9 Å². The second kappa shape index (κ2) is 5.89. The predicted octanol–water partition coefficient (Wildman–Crippen LogP) is 3.37. The van der Waals surface area contributed by atoms with Crippen molar-refractivity contribution in [3.05, 3.63) is 51.2 Å². The molecule has 2 aromatic rings. The number of carbonyl (C=O) groups excluding carboxylic acids is 1. The summed E-state index contributed by atoms with van der Waals surface area (Å²) in [7, 11) is 1.62. The number of nitrogens with one attached hydrogen (secondary N) is 2. The highest BCUT2D eigenvalue weighted by Gasteiger charge is 2.03. The van der Waals surface area contributed by atoms with E-state index in [0.717, 1.165) is 15.6 Å². The summed E-state index contributed by atoms with van der Waals surface area (Å²) in [5, 5.41) is 8.53. The van der Waals surface area contributed by atoms with Crippen LogP contribution in [-0.2, 0) is 6.54 Å². The Kier molecular flexibility index (Phi) is 4.23. The minimum Gasteiger partial charge on any atom is -0.380 e. The minimum atomic E-state index is -0.0854. The van der Waals surface area contributed by atoms with Gasteiger partial charge in [0, 0.05) is 35.1 Å². The zero-order valence-corrected chi connectivity index (χ0v) is 11.4. The zero-order chi connectivity index (χ0) is 13.0. The molecule has 1 aromatic carbocycles. The van der Waals surface area contributed by atoms with Gasteiger partial charge in [-0.1, -0.05) is 17.7 Å². The highest BCUT2D eigenvalue weighted by molar-refractivity contribution is 7.10. The van der Waals surface area contributed by atoms with E-state index >= 15 is 0 Å². The van der Waals surface area contributed by atoms with Gasteiger partial charge in [0.05, 0.1) is 5.02 Å². The first-order valence-electron chi connectivity index (χ1n) is 5.48. The van der Waals surface area contributed by atoms with Gasteiger partial charge in [0.1, 0.15) is 0 Å². The van der Waals surface area contributed by atoms with Crippen molar-refractivity contribution < 1.29 is 4.79 Å². The molecule has 2 rings (SSSR count). The summed E-state index contributed by atoms with van der Waals surface area (Å²) in [4.78, 5) is 12.6. The van der Waals surface area contributed by atoms with Crippen LogP contribution in [0.3, 0.4) is 0 Å². The van der Waals surface area contributed by atoms with Crippen molar-refractivity contribution in [3.8, 4) is 0 Å². The third kappa shape index (κ3) is 3.24. The lowest BCUT2D eigenvalue weighted by Crippen LogP contribution is -2.17. The van der Waals surface area contributed by atoms with Crippen LogP contribution in [-0.4, -0.2) is 13.0 Å². The average Bonchev–Trinajstić information content (AvgIpc) is 2.81. The minimum absolute atomic E-state index is 0.0854. The van der Waals surface area contributed by atoms with E-state index in [2.05, 4.69) is 10.6 Å². The Morgan fingerprint density at radius 1 is 1.39 bits per heavy atom. The molecule has 5 heteroatoms. The Morgan fingerprint density at radius 3 is 2.89 bits per heavy atom. The fraction of sp³-hybridized carbons (Fsp3) is 0.154. The maximum absolute atomic E-state index is 11.5. The number of rotatable bonds is 4. The highest BCUT2D eigenvalue weighted by atomic mass is 35.5. The average molecular weight is 281 g/mol. The van der Waals surface area contributed by atoms with Gasteiger partial charge in [-0.3, -0.25) is 4.79 Å². The van der Waals surface area contributed by atoms with E-state index < -0.39 is 0 Å². The maximum Gasteiger partial charge on any atom is 0.251 e. The molecule has 18 heavy (non-hydrogen) atoms. The molecule has 94 valence electrons. The molecule has 1 heterocycles. The van der Waals surface area contributed by atoms with E-state index in [1.54, 1.807) is 24.5 Å². The standard InChI is InChI=1S/C13H13ClN2OS/c1-15-13(17)9-3-2-4-11(5-9)16-7-12-6-10(14)8-18-12/h2-6,8,16H,7H2,1H3,(H,15,17). The maximum atomic E-state index is 11.5. The van der Waals surface area contributed by atoms with Crippen LogP contribution in [0.25, 0.3) is 0 Å². The van der Waals surface area contributed by atoms with Crippen LogP contribution in [0.1, 0.15) is 15.2 Å². The van der Waals surface area contributed by atoms with Crippen molar-refractivity contribution in [3.63, 3.8) is 0 Å². The first-order valence-corrected chi connectivity index (χ1v) is 6.74. The Hall–Kier alpha value is -1.52. The first kappa shape index (κ1) is 12.9. The van der Waals surface area contributed by atoms with Gasteiger partial charge in [-0.15, -0.1) is 11.3 Å². The number of halogens is 1. The van der Waals surface area contributed by atoms with Gasteiger partial charge in [-0.05, 0) is 24.3 Å². The van der Waals surface area contributed by atoms with Gasteiger partial charge in [-0.2, -0.15) is 0 Å². The molecule has 0 bridgehead atoms.